The van der Waals surface area contributed by atoms with E-state index >= 15 is 0 Å². The van der Waals surface area contributed by atoms with Crippen LogP contribution in [0.5, 0.6) is 0 Å². The van der Waals surface area contributed by atoms with Crippen LogP contribution in [0.2, 0.25) is 5.02 Å². The van der Waals surface area contributed by atoms with Crippen molar-refractivity contribution in [3.63, 3.8) is 0 Å². The topological polar surface area (TPSA) is 40.5 Å². The third-order valence-corrected chi connectivity index (χ3v) is 4.33. The average molecular weight is 282 g/mol. The summed E-state index contributed by atoms with van der Waals surface area (Å²) >= 11 is 6.22. The molecule has 2 rings (SSSR count). The lowest BCUT2D eigenvalue weighted by Gasteiger charge is -2.36. The van der Waals surface area contributed by atoms with E-state index in [4.69, 9.17) is 11.6 Å². The second kappa shape index (κ2) is 5.83. The molecule has 0 bridgehead atoms. The van der Waals surface area contributed by atoms with Gasteiger partial charge in [-0.3, -0.25) is 0 Å². The van der Waals surface area contributed by atoms with Crippen LogP contribution >= 0.6 is 11.6 Å². The van der Waals surface area contributed by atoms with Crippen LogP contribution in [0.4, 0.5) is 5.69 Å². The van der Waals surface area contributed by atoms with Gasteiger partial charge in [0, 0.05) is 13.1 Å². The monoisotopic (exact) mass is 281 g/mol. The summed E-state index contributed by atoms with van der Waals surface area (Å²) < 4.78 is 0. The Labute approximate surface area is 119 Å². The number of hydrogen-bond donors (Lipinski definition) is 1. The molecule has 104 valence electrons. The van der Waals surface area contributed by atoms with Gasteiger partial charge < -0.3 is 10.0 Å². The van der Waals surface area contributed by atoms with Crippen molar-refractivity contribution in [3.8, 4) is 0 Å². The first-order valence-corrected chi connectivity index (χ1v) is 7.13. The number of para-hydroxylation sites is 1. The third-order valence-electron chi connectivity index (χ3n) is 4.03. The molecule has 0 aliphatic heterocycles. The summed E-state index contributed by atoms with van der Waals surface area (Å²) in [5.41, 5.74) is 0.934. The van der Waals surface area contributed by atoms with Crippen molar-refractivity contribution in [2.75, 3.05) is 11.9 Å². The average Bonchev–Trinajstić information content (AvgIpc) is 2.37. The molecule has 2 atom stereocenters. The number of anilines is 1. The van der Waals surface area contributed by atoms with Gasteiger partial charge in [-0.25, -0.2) is 4.79 Å². The van der Waals surface area contributed by atoms with Gasteiger partial charge >= 0.3 is 5.97 Å². The molecule has 0 heterocycles. The van der Waals surface area contributed by atoms with Crippen LogP contribution in [0.1, 0.15) is 43.0 Å². The van der Waals surface area contributed by atoms with E-state index in [2.05, 4.69) is 11.8 Å². The Hall–Kier alpha value is -1.22. The van der Waals surface area contributed by atoms with Crippen molar-refractivity contribution in [2.45, 2.75) is 38.6 Å². The maximum Gasteiger partial charge on any atom is 0.337 e. The molecule has 1 fully saturated rings. The van der Waals surface area contributed by atoms with Crippen LogP contribution < -0.4 is 4.90 Å². The highest BCUT2D eigenvalue weighted by atomic mass is 35.5. The Morgan fingerprint density at radius 2 is 2.16 bits per heavy atom. The van der Waals surface area contributed by atoms with Crippen molar-refractivity contribution in [1.82, 2.24) is 0 Å². The molecule has 1 aliphatic rings. The van der Waals surface area contributed by atoms with Gasteiger partial charge in [0.05, 0.1) is 16.3 Å². The fourth-order valence-electron chi connectivity index (χ4n) is 2.98. The standard InChI is InChI=1S/C15H20ClNO2/c1-10-5-3-6-11(9-10)17(2)14-12(15(18)19)7-4-8-13(14)16/h4,7-8,10-11H,3,5-6,9H2,1-2H3,(H,18,19). The van der Waals surface area contributed by atoms with E-state index in [0.717, 1.165) is 12.8 Å². The fourth-order valence-corrected chi connectivity index (χ4v) is 3.29. The molecule has 0 amide bonds. The van der Waals surface area contributed by atoms with Gasteiger partial charge in [-0.15, -0.1) is 0 Å². The van der Waals surface area contributed by atoms with Crippen molar-refractivity contribution < 1.29 is 9.90 Å². The Balaban J connectivity index is 2.32. The first-order chi connectivity index (χ1) is 9.00. The Bertz CT molecular complexity index is 475. The molecule has 3 nitrogen and oxygen atoms in total. The molecule has 0 spiro atoms. The number of carbonyl (C=O) groups is 1. The highest BCUT2D eigenvalue weighted by Gasteiger charge is 2.26. The number of carboxylic acids is 1. The van der Waals surface area contributed by atoms with Crippen molar-refractivity contribution >= 4 is 23.3 Å². The van der Waals surface area contributed by atoms with Crippen LogP contribution in [0, 0.1) is 5.92 Å². The summed E-state index contributed by atoms with van der Waals surface area (Å²) in [5.74, 6) is -0.231. The van der Waals surface area contributed by atoms with E-state index in [1.807, 2.05) is 7.05 Å². The van der Waals surface area contributed by atoms with Crippen molar-refractivity contribution in [3.05, 3.63) is 28.8 Å². The van der Waals surface area contributed by atoms with Crippen molar-refractivity contribution in [2.24, 2.45) is 5.92 Å². The first-order valence-electron chi connectivity index (χ1n) is 6.75. The normalized spacial score (nSPS) is 23.1. The molecular weight excluding hydrogens is 262 g/mol. The second-order valence-corrected chi connectivity index (χ2v) is 5.88. The minimum Gasteiger partial charge on any atom is -0.478 e. The Morgan fingerprint density at radius 1 is 1.42 bits per heavy atom. The molecular formula is C15H20ClNO2. The van der Waals surface area contributed by atoms with E-state index in [1.165, 1.54) is 12.8 Å². The number of carboxylic acid groups (broad SMARTS) is 1. The lowest BCUT2D eigenvalue weighted by Crippen LogP contribution is -2.36. The molecule has 19 heavy (non-hydrogen) atoms. The molecule has 0 radical (unpaired) electrons. The van der Waals surface area contributed by atoms with Gasteiger partial charge in [0.15, 0.2) is 0 Å². The summed E-state index contributed by atoms with van der Waals surface area (Å²) in [4.78, 5) is 13.4. The van der Waals surface area contributed by atoms with Crippen LogP contribution in [-0.4, -0.2) is 24.2 Å². The van der Waals surface area contributed by atoms with Crippen LogP contribution in [0.3, 0.4) is 0 Å². The maximum absolute atomic E-state index is 11.3. The van der Waals surface area contributed by atoms with Crippen molar-refractivity contribution in [1.29, 1.82) is 0 Å². The molecule has 1 N–H and O–H groups in total. The van der Waals surface area contributed by atoms with Crippen LogP contribution in [0.25, 0.3) is 0 Å². The van der Waals surface area contributed by atoms with Gasteiger partial charge in [-0.1, -0.05) is 37.4 Å². The molecule has 4 heteroatoms. The smallest absolute Gasteiger partial charge is 0.337 e. The zero-order chi connectivity index (χ0) is 14.0. The van der Waals surface area contributed by atoms with E-state index in [9.17, 15) is 9.90 Å². The first kappa shape index (κ1) is 14.2. The van der Waals surface area contributed by atoms with Gasteiger partial charge in [-0.2, -0.15) is 0 Å². The highest BCUT2D eigenvalue weighted by molar-refractivity contribution is 6.34. The minimum absolute atomic E-state index is 0.285. The Morgan fingerprint density at radius 3 is 2.79 bits per heavy atom. The summed E-state index contributed by atoms with van der Waals surface area (Å²) in [6.45, 7) is 2.25. The molecule has 0 saturated heterocycles. The highest BCUT2D eigenvalue weighted by Crippen LogP contribution is 2.35. The predicted octanol–water partition coefficient (Wildman–Crippen LogP) is 4.05. The second-order valence-electron chi connectivity index (χ2n) is 5.48. The SMILES string of the molecule is CC1CCCC(N(C)c2c(Cl)cccc2C(=O)O)C1. The van der Waals surface area contributed by atoms with Gasteiger partial charge in [0.2, 0.25) is 0 Å². The largest absolute Gasteiger partial charge is 0.478 e. The molecule has 2 unspecified atom stereocenters. The number of aromatic carboxylic acids is 1. The summed E-state index contributed by atoms with van der Waals surface area (Å²) in [6.07, 6.45) is 4.66. The molecule has 1 aliphatic carbocycles. The van der Waals surface area contributed by atoms with E-state index < -0.39 is 5.97 Å². The summed E-state index contributed by atoms with van der Waals surface area (Å²) in [7, 11) is 1.95. The number of hydrogen-bond acceptors (Lipinski definition) is 2. The molecule has 1 saturated carbocycles. The number of rotatable bonds is 3. The van der Waals surface area contributed by atoms with Gasteiger partial charge in [-0.05, 0) is 30.9 Å². The summed E-state index contributed by atoms with van der Waals surface area (Å²) in [6, 6.07) is 5.44. The van der Waals surface area contributed by atoms with Gasteiger partial charge in [0.25, 0.3) is 0 Å². The molecule has 1 aromatic carbocycles. The fraction of sp³-hybridized carbons (Fsp3) is 0.533. The van der Waals surface area contributed by atoms with E-state index in [1.54, 1.807) is 18.2 Å². The number of halogens is 1. The third kappa shape index (κ3) is 3.03. The van der Waals surface area contributed by atoms with E-state index in [-0.39, 0.29) is 5.56 Å². The maximum atomic E-state index is 11.3. The summed E-state index contributed by atoms with van der Waals surface area (Å²) in [5, 5.41) is 9.82. The number of nitrogens with zero attached hydrogens (tertiary/aromatic N) is 1. The van der Waals surface area contributed by atoms with Gasteiger partial charge in [0.1, 0.15) is 0 Å². The predicted molar refractivity (Wildman–Crippen MR) is 78.2 cm³/mol. The van der Waals surface area contributed by atoms with Crippen LogP contribution in [0.15, 0.2) is 18.2 Å². The number of benzene rings is 1. The van der Waals surface area contributed by atoms with E-state index in [0.29, 0.717) is 22.7 Å². The quantitative estimate of drug-likeness (QED) is 0.908. The zero-order valence-corrected chi connectivity index (χ0v) is 12.2. The lowest BCUT2D eigenvalue weighted by atomic mass is 9.86. The van der Waals surface area contributed by atoms with Crippen LogP contribution in [-0.2, 0) is 0 Å². The minimum atomic E-state index is -0.923. The molecule has 0 aromatic heterocycles. The Kier molecular flexibility index (Phi) is 4.35. The lowest BCUT2D eigenvalue weighted by molar-refractivity contribution is 0.0697. The molecule has 1 aromatic rings. The zero-order valence-electron chi connectivity index (χ0n) is 11.4.